The van der Waals surface area contributed by atoms with Gasteiger partial charge in [-0.2, -0.15) is 0 Å². The van der Waals surface area contributed by atoms with Gasteiger partial charge in [-0.1, -0.05) is 18.2 Å². The first-order valence-electron chi connectivity index (χ1n) is 13.2. The number of rotatable bonds is 11. The minimum atomic E-state index is -0.623. The second-order valence-corrected chi connectivity index (χ2v) is 11.1. The molecular formula is C30H29F2N7OS2. The molecule has 1 fully saturated rings. The van der Waals surface area contributed by atoms with E-state index in [1.165, 1.54) is 29.5 Å². The highest BCUT2D eigenvalue weighted by Crippen LogP contribution is 2.33. The van der Waals surface area contributed by atoms with E-state index < -0.39 is 11.6 Å². The quantitative estimate of drug-likeness (QED) is 0.143. The van der Waals surface area contributed by atoms with Gasteiger partial charge in [0.25, 0.3) is 0 Å². The molecule has 1 aliphatic rings. The number of aromatic nitrogens is 2. The molecule has 12 heteroatoms. The molecule has 2 aromatic heterocycles. The maximum Gasteiger partial charge on any atom is 0.141 e. The lowest BCUT2D eigenvalue weighted by molar-refractivity contribution is 0.122. The Hall–Kier alpha value is -4.13. The predicted molar refractivity (Wildman–Crippen MR) is 169 cm³/mol. The standard InChI is InChI=1S/C30H29F2N7OS2/c1-20-37-28(21-5-3-6-22(17-21)38-42-29-24(31)7-4-8-25(29)32)30(41-20)26(11-12-33-2)36-19-35-23-9-10-27(34-18-23)39-13-15-40-16-14-39/h3-12,17-18,35,38H,2,13-16,19H2,1H3/b12-11-,36-26+. The lowest BCUT2D eigenvalue weighted by Gasteiger charge is -2.27. The number of hydrogen-bond acceptors (Lipinski definition) is 10. The van der Waals surface area contributed by atoms with Gasteiger partial charge in [0, 0.05) is 30.5 Å². The number of pyridine rings is 1. The van der Waals surface area contributed by atoms with Crippen molar-refractivity contribution in [3.8, 4) is 11.3 Å². The van der Waals surface area contributed by atoms with E-state index in [0.29, 0.717) is 31.3 Å². The number of aryl methyl sites for hydroxylation is 1. The molecule has 216 valence electrons. The Labute approximate surface area is 251 Å². The van der Waals surface area contributed by atoms with Gasteiger partial charge in [0.15, 0.2) is 0 Å². The Morgan fingerprint density at radius 2 is 1.90 bits per heavy atom. The average Bonchev–Trinajstić information content (AvgIpc) is 3.41. The monoisotopic (exact) mass is 605 g/mol. The van der Waals surface area contributed by atoms with Gasteiger partial charge in [0.1, 0.15) is 24.1 Å². The minimum Gasteiger partial charge on any atom is -0.378 e. The van der Waals surface area contributed by atoms with Crippen molar-refractivity contribution >= 4 is 52.9 Å². The number of morpholine rings is 1. The number of hydrogen-bond donors (Lipinski definition) is 2. The Balaban J connectivity index is 1.33. The van der Waals surface area contributed by atoms with Crippen LogP contribution in [-0.4, -0.2) is 55.4 Å². The SMILES string of the molecule is C=N/C=C\C(=N/CNc1ccc(N2CCOCC2)nc1)c1sc(C)nc1-c1cccc(NSc2c(F)cccc2F)c1. The van der Waals surface area contributed by atoms with Crippen LogP contribution in [-0.2, 0) is 4.74 Å². The zero-order chi connectivity index (χ0) is 29.3. The summed E-state index contributed by atoms with van der Waals surface area (Å²) in [7, 11) is 0. The normalized spacial score (nSPS) is 13.9. The summed E-state index contributed by atoms with van der Waals surface area (Å²) in [6.45, 7) is 8.86. The molecule has 0 spiro atoms. The van der Waals surface area contributed by atoms with Gasteiger partial charge >= 0.3 is 0 Å². The summed E-state index contributed by atoms with van der Waals surface area (Å²) >= 11 is 2.40. The molecule has 0 atom stereocenters. The molecule has 42 heavy (non-hydrogen) atoms. The van der Waals surface area contributed by atoms with Gasteiger partial charge in [-0.05, 0) is 68.1 Å². The van der Waals surface area contributed by atoms with Gasteiger partial charge in [-0.25, -0.2) is 18.7 Å². The highest BCUT2D eigenvalue weighted by Gasteiger charge is 2.17. The summed E-state index contributed by atoms with van der Waals surface area (Å²) in [5, 5.41) is 4.17. The zero-order valence-corrected chi connectivity index (χ0v) is 24.5. The molecule has 0 unspecified atom stereocenters. The van der Waals surface area contributed by atoms with Crippen LogP contribution in [0.3, 0.4) is 0 Å². The predicted octanol–water partition coefficient (Wildman–Crippen LogP) is 6.82. The number of allylic oxidation sites excluding steroid dienone is 1. The van der Waals surface area contributed by atoms with Crippen LogP contribution < -0.4 is 14.9 Å². The summed E-state index contributed by atoms with van der Waals surface area (Å²) in [6.07, 6.45) is 5.19. The maximum absolute atomic E-state index is 14.1. The number of aliphatic imine (C=N–C) groups is 2. The van der Waals surface area contributed by atoms with Crippen molar-refractivity contribution in [3.05, 3.63) is 94.6 Å². The van der Waals surface area contributed by atoms with E-state index in [1.54, 1.807) is 18.5 Å². The first-order valence-corrected chi connectivity index (χ1v) is 14.8. The summed E-state index contributed by atoms with van der Waals surface area (Å²) < 4.78 is 36.6. The van der Waals surface area contributed by atoms with Crippen LogP contribution in [0.2, 0.25) is 0 Å². The van der Waals surface area contributed by atoms with Crippen molar-refractivity contribution in [2.45, 2.75) is 11.8 Å². The first kappa shape index (κ1) is 29.4. The minimum absolute atomic E-state index is 0.0944. The van der Waals surface area contributed by atoms with Gasteiger partial charge in [-0.15, -0.1) is 11.3 Å². The van der Waals surface area contributed by atoms with Gasteiger partial charge in [0.05, 0.1) is 51.3 Å². The lowest BCUT2D eigenvalue weighted by atomic mass is 10.1. The van der Waals surface area contributed by atoms with E-state index in [1.807, 2.05) is 43.3 Å². The fraction of sp³-hybridized carbons (Fsp3) is 0.200. The van der Waals surface area contributed by atoms with Crippen molar-refractivity contribution in [2.24, 2.45) is 9.98 Å². The largest absolute Gasteiger partial charge is 0.378 e. The fourth-order valence-corrected chi connectivity index (χ4v) is 5.83. The Bertz CT molecular complexity index is 1560. The Kier molecular flexibility index (Phi) is 9.90. The van der Waals surface area contributed by atoms with E-state index in [4.69, 9.17) is 14.7 Å². The van der Waals surface area contributed by atoms with Crippen LogP contribution in [0.25, 0.3) is 11.3 Å². The molecular weight excluding hydrogens is 577 g/mol. The molecule has 0 amide bonds. The second kappa shape index (κ2) is 14.2. The lowest BCUT2D eigenvalue weighted by Crippen LogP contribution is -2.36. The van der Waals surface area contributed by atoms with Crippen LogP contribution in [0.1, 0.15) is 9.88 Å². The molecule has 0 aliphatic carbocycles. The van der Waals surface area contributed by atoms with Crippen LogP contribution >= 0.6 is 23.3 Å². The van der Waals surface area contributed by atoms with Gasteiger partial charge < -0.3 is 19.7 Å². The number of halogens is 2. The smallest absolute Gasteiger partial charge is 0.141 e. The van der Waals surface area contributed by atoms with Crippen LogP contribution in [0.15, 0.2) is 88.0 Å². The maximum atomic E-state index is 14.1. The third-order valence-corrected chi connectivity index (χ3v) is 8.17. The summed E-state index contributed by atoms with van der Waals surface area (Å²) in [5.74, 6) is -0.323. The van der Waals surface area contributed by atoms with Crippen molar-refractivity contribution in [1.82, 2.24) is 9.97 Å². The third kappa shape index (κ3) is 7.38. The van der Waals surface area contributed by atoms with Gasteiger partial charge in [-0.3, -0.25) is 9.98 Å². The van der Waals surface area contributed by atoms with Crippen LogP contribution in [0, 0.1) is 18.6 Å². The van der Waals surface area contributed by atoms with E-state index in [-0.39, 0.29) is 4.90 Å². The van der Waals surface area contributed by atoms with E-state index in [2.05, 4.69) is 31.6 Å². The Morgan fingerprint density at radius 1 is 1.12 bits per heavy atom. The molecule has 4 aromatic rings. The van der Waals surface area contributed by atoms with Crippen molar-refractivity contribution in [1.29, 1.82) is 0 Å². The molecule has 1 saturated heterocycles. The summed E-state index contributed by atoms with van der Waals surface area (Å²) in [5.41, 5.74) is 3.79. The Morgan fingerprint density at radius 3 is 2.64 bits per heavy atom. The number of thiazole rings is 1. The van der Waals surface area contributed by atoms with E-state index in [0.717, 1.165) is 57.7 Å². The zero-order valence-electron chi connectivity index (χ0n) is 22.9. The topological polar surface area (TPSA) is 87.0 Å². The number of nitrogens with one attached hydrogen (secondary N) is 2. The van der Waals surface area contributed by atoms with Crippen LogP contribution in [0.5, 0.6) is 0 Å². The molecule has 5 rings (SSSR count). The fourth-order valence-electron chi connectivity index (χ4n) is 4.23. The highest BCUT2D eigenvalue weighted by molar-refractivity contribution is 8.00. The number of nitrogens with zero attached hydrogens (tertiary/aromatic N) is 5. The second-order valence-electron chi connectivity index (χ2n) is 9.13. The van der Waals surface area contributed by atoms with Gasteiger partial charge in [0.2, 0.25) is 0 Å². The highest BCUT2D eigenvalue weighted by atomic mass is 32.2. The molecule has 0 bridgehead atoms. The molecule has 2 N–H and O–H groups in total. The molecule has 8 nitrogen and oxygen atoms in total. The molecule has 1 aliphatic heterocycles. The first-order chi connectivity index (χ1) is 20.5. The summed E-state index contributed by atoms with van der Waals surface area (Å²) in [6, 6.07) is 15.3. The summed E-state index contributed by atoms with van der Waals surface area (Å²) in [4.78, 5) is 21.0. The number of anilines is 3. The third-order valence-electron chi connectivity index (χ3n) is 6.25. The van der Waals surface area contributed by atoms with Crippen molar-refractivity contribution in [3.63, 3.8) is 0 Å². The van der Waals surface area contributed by atoms with Crippen molar-refractivity contribution in [2.75, 3.05) is 47.9 Å². The molecule has 0 radical (unpaired) electrons. The average molecular weight is 606 g/mol. The molecule has 0 saturated carbocycles. The number of ether oxygens (including phenoxy) is 1. The number of benzene rings is 2. The molecule has 2 aromatic carbocycles. The van der Waals surface area contributed by atoms with Crippen LogP contribution in [0.4, 0.5) is 26.0 Å². The van der Waals surface area contributed by atoms with E-state index >= 15 is 0 Å². The van der Waals surface area contributed by atoms with E-state index in [9.17, 15) is 8.78 Å². The van der Waals surface area contributed by atoms with Crippen molar-refractivity contribution < 1.29 is 13.5 Å². The molecule has 3 heterocycles.